The summed E-state index contributed by atoms with van der Waals surface area (Å²) in [5.41, 5.74) is -0.616. The van der Waals surface area contributed by atoms with E-state index in [0.29, 0.717) is 44.5 Å². The average Bonchev–Trinajstić information content (AvgIpc) is 2.68. The van der Waals surface area contributed by atoms with Gasteiger partial charge in [0.15, 0.2) is 5.96 Å². The topological polar surface area (TPSA) is 85.8 Å². The standard InChI is InChI=1S/C20H31F3N4O2/c1-3-5-15(10-13-28)14-27-19(24-4-2)26-12-11-25-18(29)16-6-8-17(9-7-16)20(21,22)23/h6-9,15,28H,3-5,10-14H2,1-2H3,(H,25,29)(H2,24,26,27). The van der Waals surface area contributed by atoms with E-state index in [1.54, 1.807) is 0 Å². The molecule has 1 unspecified atom stereocenters. The van der Waals surface area contributed by atoms with Gasteiger partial charge in [-0.15, -0.1) is 0 Å². The molecule has 4 N–H and O–H groups in total. The molecule has 1 aromatic rings. The first kappa shape index (κ1) is 24.7. The van der Waals surface area contributed by atoms with Crippen LogP contribution in [-0.2, 0) is 6.18 Å². The van der Waals surface area contributed by atoms with E-state index < -0.39 is 17.6 Å². The number of carbonyl (C=O) groups excluding carboxylic acids is 1. The van der Waals surface area contributed by atoms with Gasteiger partial charge in [-0.2, -0.15) is 13.2 Å². The van der Waals surface area contributed by atoms with Crippen molar-refractivity contribution in [3.05, 3.63) is 35.4 Å². The van der Waals surface area contributed by atoms with Crippen LogP contribution in [0.3, 0.4) is 0 Å². The maximum absolute atomic E-state index is 12.6. The smallest absolute Gasteiger partial charge is 0.396 e. The van der Waals surface area contributed by atoms with Gasteiger partial charge in [0.2, 0.25) is 0 Å². The molecule has 1 amide bonds. The summed E-state index contributed by atoms with van der Waals surface area (Å²) in [7, 11) is 0. The number of rotatable bonds is 11. The van der Waals surface area contributed by atoms with Crippen molar-refractivity contribution in [2.75, 3.05) is 32.8 Å². The number of amides is 1. The molecule has 6 nitrogen and oxygen atoms in total. The molecule has 0 aromatic heterocycles. The number of carbonyl (C=O) groups is 1. The van der Waals surface area contributed by atoms with E-state index in [1.165, 1.54) is 0 Å². The minimum absolute atomic E-state index is 0.139. The molecular formula is C20H31F3N4O2. The number of alkyl halides is 3. The van der Waals surface area contributed by atoms with Crippen molar-refractivity contribution in [3.63, 3.8) is 0 Å². The van der Waals surface area contributed by atoms with Gasteiger partial charge in [0.05, 0.1) is 5.56 Å². The van der Waals surface area contributed by atoms with E-state index in [0.717, 1.165) is 37.1 Å². The number of aliphatic imine (C=N–C) groups is 1. The molecule has 0 saturated carbocycles. The zero-order valence-electron chi connectivity index (χ0n) is 17.0. The van der Waals surface area contributed by atoms with E-state index in [1.807, 2.05) is 6.92 Å². The van der Waals surface area contributed by atoms with Crippen LogP contribution >= 0.6 is 0 Å². The number of benzene rings is 1. The maximum atomic E-state index is 12.6. The third kappa shape index (κ3) is 9.65. The fourth-order valence-electron chi connectivity index (χ4n) is 2.75. The predicted molar refractivity (Wildman–Crippen MR) is 108 cm³/mol. The van der Waals surface area contributed by atoms with Crippen LogP contribution in [0.5, 0.6) is 0 Å². The van der Waals surface area contributed by atoms with Crippen molar-refractivity contribution in [3.8, 4) is 0 Å². The SMILES string of the molecule is CCCC(CCO)CN=C(NCC)NCCNC(=O)c1ccc(C(F)(F)F)cc1. The van der Waals surface area contributed by atoms with Gasteiger partial charge < -0.3 is 21.1 Å². The lowest BCUT2D eigenvalue weighted by molar-refractivity contribution is -0.137. The molecule has 164 valence electrons. The van der Waals surface area contributed by atoms with Crippen LogP contribution in [0.4, 0.5) is 13.2 Å². The molecular weight excluding hydrogens is 385 g/mol. The highest BCUT2D eigenvalue weighted by atomic mass is 19.4. The molecule has 0 radical (unpaired) electrons. The number of hydrogen-bond donors (Lipinski definition) is 4. The minimum Gasteiger partial charge on any atom is -0.396 e. The Morgan fingerprint density at radius 3 is 2.28 bits per heavy atom. The first-order chi connectivity index (χ1) is 13.8. The predicted octanol–water partition coefficient (Wildman–Crippen LogP) is 2.79. The van der Waals surface area contributed by atoms with Crippen LogP contribution < -0.4 is 16.0 Å². The normalized spacial score (nSPS) is 13.1. The van der Waals surface area contributed by atoms with Crippen LogP contribution in [-0.4, -0.2) is 49.8 Å². The van der Waals surface area contributed by atoms with Crippen molar-refractivity contribution in [2.45, 2.75) is 39.3 Å². The van der Waals surface area contributed by atoms with Crippen LogP contribution in [0.15, 0.2) is 29.3 Å². The molecule has 1 atom stereocenters. The number of nitrogens with one attached hydrogen (secondary N) is 3. The van der Waals surface area contributed by atoms with Crippen LogP contribution in [0, 0.1) is 5.92 Å². The molecule has 9 heteroatoms. The van der Waals surface area contributed by atoms with Gasteiger partial charge in [-0.05, 0) is 49.9 Å². The summed E-state index contributed by atoms with van der Waals surface area (Å²) in [4.78, 5) is 16.6. The molecule has 0 fully saturated rings. The third-order valence-electron chi connectivity index (χ3n) is 4.26. The number of nitrogens with zero attached hydrogens (tertiary/aromatic N) is 1. The number of aliphatic hydroxyl groups is 1. The lowest BCUT2D eigenvalue weighted by Crippen LogP contribution is -2.41. The van der Waals surface area contributed by atoms with Gasteiger partial charge in [-0.3, -0.25) is 9.79 Å². The van der Waals surface area contributed by atoms with Crippen molar-refractivity contribution < 1.29 is 23.1 Å². The molecule has 0 bridgehead atoms. The van der Waals surface area contributed by atoms with Gasteiger partial charge in [0.25, 0.3) is 5.91 Å². The fourth-order valence-corrected chi connectivity index (χ4v) is 2.75. The molecule has 1 rings (SSSR count). The van der Waals surface area contributed by atoms with E-state index in [9.17, 15) is 18.0 Å². The summed E-state index contributed by atoms with van der Waals surface area (Å²) >= 11 is 0. The molecule has 0 saturated heterocycles. The summed E-state index contributed by atoms with van der Waals surface area (Å²) in [5, 5.41) is 18.0. The third-order valence-corrected chi connectivity index (χ3v) is 4.26. The van der Waals surface area contributed by atoms with Gasteiger partial charge in [0.1, 0.15) is 0 Å². The van der Waals surface area contributed by atoms with E-state index in [4.69, 9.17) is 5.11 Å². The summed E-state index contributed by atoms with van der Waals surface area (Å²) in [6, 6.07) is 4.10. The molecule has 0 spiro atoms. The molecule has 0 aliphatic heterocycles. The molecule has 1 aromatic carbocycles. The number of halogens is 3. The molecule has 0 aliphatic rings. The lowest BCUT2D eigenvalue weighted by Gasteiger charge is -2.15. The van der Waals surface area contributed by atoms with Gasteiger partial charge in [0, 0.05) is 38.3 Å². The summed E-state index contributed by atoms with van der Waals surface area (Å²) in [5.74, 6) is 0.503. The Morgan fingerprint density at radius 1 is 1.07 bits per heavy atom. The Hall–Kier alpha value is -2.29. The quantitative estimate of drug-likeness (QED) is 0.254. The zero-order chi connectivity index (χ0) is 21.7. The first-order valence-corrected chi connectivity index (χ1v) is 9.90. The Balaban J connectivity index is 2.48. The Bertz CT molecular complexity index is 628. The molecule has 0 heterocycles. The highest BCUT2D eigenvalue weighted by Gasteiger charge is 2.30. The Kier molecular flexibility index (Phi) is 11.1. The second kappa shape index (κ2) is 13.0. The van der Waals surface area contributed by atoms with Crippen molar-refractivity contribution in [1.82, 2.24) is 16.0 Å². The summed E-state index contributed by atoms with van der Waals surface area (Å²) < 4.78 is 37.7. The fraction of sp³-hybridized carbons (Fsp3) is 0.600. The average molecular weight is 416 g/mol. The Labute approximate surface area is 170 Å². The van der Waals surface area contributed by atoms with Gasteiger partial charge >= 0.3 is 6.18 Å². The summed E-state index contributed by atoms with van der Waals surface area (Å²) in [6.07, 6.45) is -1.69. The highest BCUT2D eigenvalue weighted by Crippen LogP contribution is 2.29. The maximum Gasteiger partial charge on any atom is 0.416 e. The monoisotopic (exact) mass is 416 g/mol. The second-order valence-electron chi connectivity index (χ2n) is 6.64. The first-order valence-electron chi connectivity index (χ1n) is 9.90. The minimum atomic E-state index is -4.42. The zero-order valence-corrected chi connectivity index (χ0v) is 17.0. The van der Waals surface area contributed by atoms with Gasteiger partial charge in [-0.1, -0.05) is 13.3 Å². The highest BCUT2D eigenvalue weighted by molar-refractivity contribution is 5.94. The van der Waals surface area contributed by atoms with Crippen molar-refractivity contribution in [1.29, 1.82) is 0 Å². The second-order valence-corrected chi connectivity index (χ2v) is 6.64. The molecule has 29 heavy (non-hydrogen) atoms. The number of guanidine groups is 1. The number of hydrogen-bond acceptors (Lipinski definition) is 3. The van der Waals surface area contributed by atoms with Crippen molar-refractivity contribution in [2.24, 2.45) is 10.9 Å². The van der Waals surface area contributed by atoms with E-state index >= 15 is 0 Å². The van der Waals surface area contributed by atoms with Crippen LogP contribution in [0.25, 0.3) is 0 Å². The van der Waals surface area contributed by atoms with Gasteiger partial charge in [-0.25, -0.2) is 0 Å². The van der Waals surface area contributed by atoms with Crippen LogP contribution in [0.2, 0.25) is 0 Å². The lowest BCUT2D eigenvalue weighted by atomic mass is 10.0. The van der Waals surface area contributed by atoms with E-state index in [2.05, 4.69) is 27.9 Å². The van der Waals surface area contributed by atoms with E-state index in [-0.39, 0.29) is 12.2 Å². The summed E-state index contributed by atoms with van der Waals surface area (Å²) in [6.45, 7) is 6.16. The Morgan fingerprint density at radius 2 is 1.72 bits per heavy atom. The van der Waals surface area contributed by atoms with Crippen LogP contribution in [0.1, 0.15) is 49.0 Å². The van der Waals surface area contributed by atoms with Crippen molar-refractivity contribution >= 4 is 11.9 Å². The largest absolute Gasteiger partial charge is 0.416 e. The number of aliphatic hydroxyl groups excluding tert-OH is 1. The molecule has 0 aliphatic carbocycles.